The molecule has 2 unspecified atom stereocenters. The van der Waals surface area contributed by atoms with Gasteiger partial charge in [0, 0.05) is 29.9 Å². The fourth-order valence-corrected chi connectivity index (χ4v) is 2.68. The van der Waals surface area contributed by atoms with Gasteiger partial charge < -0.3 is 25.3 Å². The quantitative estimate of drug-likeness (QED) is 0.520. The van der Waals surface area contributed by atoms with Gasteiger partial charge in [0.1, 0.15) is 18.4 Å². The van der Waals surface area contributed by atoms with Crippen LogP contribution in [-0.2, 0) is 11.3 Å². The molecule has 0 aliphatic carbocycles. The summed E-state index contributed by atoms with van der Waals surface area (Å²) in [5, 5.41) is 23.9. The van der Waals surface area contributed by atoms with E-state index < -0.39 is 18.3 Å². The van der Waals surface area contributed by atoms with Gasteiger partial charge in [0.05, 0.1) is 6.10 Å². The van der Waals surface area contributed by atoms with Crippen molar-refractivity contribution in [1.82, 2.24) is 15.3 Å². The Morgan fingerprint density at radius 1 is 1.19 bits per heavy atom. The molecule has 26 heavy (non-hydrogen) atoms. The highest BCUT2D eigenvalue weighted by Gasteiger charge is 2.21. The van der Waals surface area contributed by atoms with Crippen molar-refractivity contribution < 1.29 is 19.7 Å². The van der Waals surface area contributed by atoms with Gasteiger partial charge in [-0.1, -0.05) is 30.3 Å². The zero-order chi connectivity index (χ0) is 18.4. The smallest absolute Gasteiger partial charge is 0.407 e. The highest BCUT2D eigenvalue weighted by Crippen LogP contribution is 2.25. The Hall–Kier alpha value is -2.90. The molecule has 0 radical (unpaired) electrons. The first-order valence-electron chi connectivity index (χ1n) is 8.38. The Bertz CT molecular complexity index is 850. The first-order valence-corrected chi connectivity index (χ1v) is 8.38. The van der Waals surface area contributed by atoms with E-state index in [-0.39, 0.29) is 19.6 Å². The second-order valence-corrected chi connectivity index (χ2v) is 5.93. The number of carbonyl (C=O) groups is 1. The van der Waals surface area contributed by atoms with Gasteiger partial charge in [-0.2, -0.15) is 0 Å². The van der Waals surface area contributed by atoms with Gasteiger partial charge in [-0.3, -0.25) is 0 Å². The van der Waals surface area contributed by atoms with Crippen LogP contribution in [0.25, 0.3) is 11.0 Å². The van der Waals surface area contributed by atoms with E-state index >= 15 is 0 Å². The average molecular weight is 355 g/mol. The lowest BCUT2D eigenvalue weighted by molar-refractivity contribution is 0.0145. The number of benzene rings is 1. The molecule has 2 atom stereocenters. The maximum atomic E-state index is 11.7. The van der Waals surface area contributed by atoms with E-state index in [2.05, 4.69) is 15.3 Å². The van der Waals surface area contributed by atoms with Crippen molar-refractivity contribution in [3.05, 3.63) is 66.0 Å². The summed E-state index contributed by atoms with van der Waals surface area (Å²) in [6.07, 6.45) is 0.809. The van der Waals surface area contributed by atoms with Crippen LogP contribution in [0.3, 0.4) is 0 Å². The van der Waals surface area contributed by atoms with Crippen molar-refractivity contribution in [3.63, 3.8) is 0 Å². The number of amides is 1. The maximum absolute atomic E-state index is 11.7. The molecule has 0 spiro atoms. The fraction of sp³-hybridized carbons (Fsp3) is 0.263. The number of pyridine rings is 1. The molecule has 0 aliphatic rings. The minimum Gasteiger partial charge on any atom is -0.445 e. The van der Waals surface area contributed by atoms with Crippen LogP contribution < -0.4 is 5.32 Å². The summed E-state index contributed by atoms with van der Waals surface area (Å²) in [7, 11) is 0. The van der Waals surface area contributed by atoms with Crippen molar-refractivity contribution >= 4 is 17.1 Å². The Kier molecular flexibility index (Phi) is 5.83. The molecule has 7 nitrogen and oxygen atoms in total. The standard InChI is InChI=1S/C19H21N3O4/c23-16(17(24)15-11-22-18-14(15)7-4-9-20-18)8-10-21-19(25)26-12-13-5-2-1-3-6-13/h1-7,9,11,16-17,23-24H,8,10,12H2,(H,20,22)(H,21,25). The highest BCUT2D eigenvalue weighted by molar-refractivity contribution is 5.79. The monoisotopic (exact) mass is 355 g/mol. The number of nitrogens with one attached hydrogen (secondary N) is 2. The number of nitrogens with zero attached hydrogens (tertiary/aromatic N) is 1. The van der Waals surface area contributed by atoms with Crippen molar-refractivity contribution in [2.24, 2.45) is 0 Å². The number of aromatic amines is 1. The van der Waals surface area contributed by atoms with Crippen LogP contribution in [-0.4, -0.2) is 38.9 Å². The number of hydrogen-bond acceptors (Lipinski definition) is 5. The number of ether oxygens (including phenoxy) is 1. The van der Waals surface area contributed by atoms with Crippen LogP contribution in [0.4, 0.5) is 4.79 Å². The summed E-state index contributed by atoms with van der Waals surface area (Å²) in [6, 6.07) is 12.9. The number of H-pyrrole nitrogens is 1. The molecule has 2 heterocycles. The van der Waals surface area contributed by atoms with Gasteiger partial charge in [0.25, 0.3) is 0 Å². The van der Waals surface area contributed by atoms with E-state index in [0.29, 0.717) is 11.2 Å². The lowest BCUT2D eigenvalue weighted by Crippen LogP contribution is -2.29. The minimum absolute atomic E-state index is 0.181. The SMILES string of the molecule is O=C(NCCC(O)C(O)c1c[nH]c2ncccc12)OCc1ccccc1. The van der Waals surface area contributed by atoms with Crippen molar-refractivity contribution in [2.45, 2.75) is 25.2 Å². The predicted octanol–water partition coefficient (Wildman–Crippen LogP) is 2.27. The summed E-state index contributed by atoms with van der Waals surface area (Å²) >= 11 is 0. The van der Waals surface area contributed by atoms with Crippen LogP contribution in [0.15, 0.2) is 54.9 Å². The summed E-state index contributed by atoms with van der Waals surface area (Å²) in [4.78, 5) is 18.8. The van der Waals surface area contributed by atoms with E-state index in [1.54, 1.807) is 18.5 Å². The third-order valence-corrected chi connectivity index (χ3v) is 4.09. The van der Waals surface area contributed by atoms with Gasteiger partial charge in [-0.25, -0.2) is 9.78 Å². The minimum atomic E-state index is -1.07. The normalized spacial score (nSPS) is 13.3. The van der Waals surface area contributed by atoms with Gasteiger partial charge in [0.15, 0.2) is 0 Å². The molecule has 3 rings (SSSR count). The number of carbonyl (C=O) groups excluding carboxylic acids is 1. The van der Waals surface area contributed by atoms with Crippen LogP contribution in [0, 0.1) is 0 Å². The number of aromatic nitrogens is 2. The third-order valence-electron chi connectivity index (χ3n) is 4.09. The van der Waals surface area contributed by atoms with Crippen molar-refractivity contribution in [1.29, 1.82) is 0 Å². The molecule has 7 heteroatoms. The van der Waals surface area contributed by atoms with Crippen LogP contribution >= 0.6 is 0 Å². The largest absolute Gasteiger partial charge is 0.445 e. The van der Waals surface area contributed by atoms with E-state index in [4.69, 9.17) is 4.74 Å². The van der Waals surface area contributed by atoms with Crippen molar-refractivity contribution in [3.8, 4) is 0 Å². The van der Waals surface area contributed by atoms with E-state index in [0.717, 1.165) is 10.9 Å². The number of hydrogen-bond donors (Lipinski definition) is 4. The molecule has 1 aromatic carbocycles. The topological polar surface area (TPSA) is 107 Å². The van der Waals surface area contributed by atoms with Crippen LogP contribution in [0.5, 0.6) is 0 Å². The molecule has 4 N–H and O–H groups in total. The maximum Gasteiger partial charge on any atom is 0.407 e. The van der Waals surface area contributed by atoms with E-state index in [9.17, 15) is 15.0 Å². The van der Waals surface area contributed by atoms with E-state index in [1.807, 2.05) is 36.4 Å². The Morgan fingerprint density at radius 2 is 2.00 bits per heavy atom. The Balaban J connectivity index is 1.44. The molecule has 1 amide bonds. The molecule has 0 bridgehead atoms. The molecule has 0 fully saturated rings. The van der Waals surface area contributed by atoms with E-state index in [1.165, 1.54) is 0 Å². The summed E-state index contributed by atoms with van der Waals surface area (Å²) in [5.41, 5.74) is 2.12. The second kappa shape index (κ2) is 8.46. The molecular weight excluding hydrogens is 334 g/mol. The van der Waals surface area contributed by atoms with Crippen LogP contribution in [0.2, 0.25) is 0 Å². The first-order chi connectivity index (χ1) is 12.6. The number of alkyl carbamates (subject to hydrolysis) is 1. The van der Waals surface area contributed by atoms with Gasteiger partial charge in [0.2, 0.25) is 0 Å². The predicted molar refractivity (Wildman–Crippen MR) is 96.3 cm³/mol. The molecule has 0 saturated heterocycles. The summed E-state index contributed by atoms with van der Waals surface area (Å²) < 4.78 is 5.09. The second-order valence-electron chi connectivity index (χ2n) is 5.93. The first kappa shape index (κ1) is 17.9. The molecular formula is C19H21N3O4. The van der Waals surface area contributed by atoms with Gasteiger partial charge in [-0.15, -0.1) is 0 Å². The lowest BCUT2D eigenvalue weighted by Gasteiger charge is -2.17. The number of aliphatic hydroxyl groups excluding tert-OH is 2. The summed E-state index contributed by atoms with van der Waals surface area (Å²) in [6.45, 7) is 0.368. The van der Waals surface area contributed by atoms with Crippen LogP contribution in [0.1, 0.15) is 23.7 Å². The zero-order valence-electron chi connectivity index (χ0n) is 14.1. The van der Waals surface area contributed by atoms with Gasteiger partial charge >= 0.3 is 6.09 Å². The molecule has 136 valence electrons. The molecule has 2 aromatic heterocycles. The zero-order valence-corrected chi connectivity index (χ0v) is 14.1. The lowest BCUT2D eigenvalue weighted by atomic mass is 10.0. The number of fused-ring (bicyclic) bond motifs is 1. The molecule has 3 aromatic rings. The van der Waals surface area contributed by atoms with Crippen molar-refractivity contribution in [2.75, 3.05) is 6.54 Å². The Labute approximate surface area is 150 Å². The number of aliphatic hydroxyl groups is 2. The highest BCUT2D eigenvalue weighted by atomic mass is 16.5. The Morgan fingerprint density at radius 3 is 2.81 bits per heavy atom. The molecule has 0 aliphatic heterocycles. The fourth-order valence-electron chi connectivity index (χ4n) is 2.68. The average Bonchev–Trinajstić information content (AvgIpc) is 3.10. The van der Waals surface area contributed by atoms with Gasteiger partial charge in [-0.05, 0) is 24.1 Å². The number of rotatable bonds is 7. The summed E-state index contributed by atoms with van der Waals surface area (Å²) in [5.74, 6) is 0. The third kappa shape index (κ3) is 4.38. The molecule has 0 saturated carbocycles.